The topological polar surface area (TPSA) is 75.8 Å². The van der Waals surface area contributed by atoms with Crippen molar-refractivity contribution in [1.29, 1.82) is 0 Å². The summed E-state index contributed by atoms with van der Waals surface area (Å²) in [6.45, 7) is 4.99. The van der Waals surface area contributed by atoms with Crippen LogP contribution in [0.4, 0.5) is 4.39 Å². The number of nitrogens with zero attached hydrogens (tertiary/aromatic N) is 2. The summed E-state index contributed by atoms with van der Waals surface area (Å²) in [5, 5.41) is 14.4. The molecule has 1 aliphatic heterocycles. The molecule has 1 aromatic carbocycles. The fourth-order valence-electron chi connectivity index (χ4n) is 4.43. The number of aryl methyl sites for hydroxylation is 2. The molecule has 2 fully saturated rings. The van der Waals surface area contributed by atoms with Gasteiger partial charge in [0.15, 0.2) is 0 Å². The van der Waals surface area contributed by atoms with Gasteiger partial charge in [0.2, 0.25) is 5.91 Å². The van der Waals surface area contributed by atoms with Gasteiger partial charge in [-0.1, -0.05) is 5.16 Å². The number of aliphatic hydroxyl groups excluding tert-OH is 1. The second kappa shape index (κ2) is 7.54. The van der Waals surface area contributed by atoms with Crippen LogP contribution in [-0.4, -0.2) is 46.4 Å². The number of rotatable bonds is 4. The molecule has 1 saturated heterocycles. The maximum Gasteiger partial charge on any atom is 0.227 e. The molecule has 2 aromatic rings. The van der Waals surface area contributed by atoms with E-state index >= 15 is 0 Å². The third kappa shape index (κ3) is 3.76. The van der Waals surface area contributed by atoms with Crippen molar-refractivity contribution < 1.29 is 23.6 Å². The highest BCUT2D eigenvalue weighted by Gasteiger charge is 2.44. The van der Waals surface area contributed by atoms with Crippen LogP contribution in [-0.2, 0) is 11.2 Å². The molecule has 150 valence electrons. The van der Waals surface area contributed by atoms with Crippen molar-refractivity contribution in [3.8, 4) is 5.75 Å². The molecule has 6 nitrogen and oxygen atoms in total. The molecule has 1 amide bonds. The zero-order chi connectivity index (χ0) is 19.8. The summed E-state index contributed by atoms with van der Waals surface area (Å²) in [6, 6.07) is 5.83. The molecule has 0 spiro atoms. The van der Waals surface area contributed by atoms with Gasteiger partial charge < -0.3 is 19.3 Å². The standard InChI is InChI=1S/C21H25FN2O4/c1-12-18(13(2)28-23-12)9-21(26)24-10-14-7-19(25)20(8-15(14)11-24)27-17-5-3-16(22)4-6-17/h3-6,14-15,19-20,25H,7-11H2,1-2H3/t14-,15+,19+,20+/m0/s1. The van der Waals surface area contributed by atoms with E-state index in [1.54, 1.807) is 12.1 Å². The summed E-state index contributed by atoms with van der Waals surface area (Å²) in [5.74, 6) is 1.55. The Hall–Kier alpha value is -2.41. The Morgan fingerprint density at radius 3 is 2.57 bits per heavy atom. The molecule has 4 atom stereocenters. The number of fused-ring (bicyclic) bond motifs is 1. The van der Waals surface area contributed by atoms with E-state index in [-0.39, 0.29) is 23.7 Å². The number of ether oxygens (including phenoxy) is 1. The Morgan fingerprint density at radius 2 is 1.93 bits per heavy atom. The molecule has 7 heteroatoms. The van der Waals surface area contributed by atoms with Crippen LogP contribution >= 0.6 is 0 Å². The maximum atomic E-state index is 13.1. The molecule has 1 N–H and O–H groups in total. The quantitative estimate of drug-likeness (QED) is 0.872. The molecule has 1 aliphatic carbocycles. The van der Waals surface area contributed by atoms with Crippen LogP contribution in [0.25, 0.3) is 0 Å². The number of hydrogen-bond acceptors (Lipinski definition) is 5. The largest absolute Gasteiger partial charge is 0.488 e. The summed E-state index contributed by atoms with van der Waals surface area (Å²) in [4.78, 5) is 14.7. The van der Waals surface area contributed by atoms with Crippen LogP contribution in [0.3, 0.4) is 0 Å². The van der Waals surface area contributed by atoms with Crippen molar-refractivity contribution >= 4 is 5.91 Å². The van der Waals surface area contributed by atoms with Gasteiger partial charge in [-0.05, 0) is 62.8 Å². The van der Waals surface area contributed by atoms with Gasteiger partial charge in [0.25, 0.3) is 0 Å². The SMILES string of the molecule is Cc1noc(C)c1CC(=O)N1C[C@H]2C[C@@H](Oc3ccc(F)cc3)[C@H](O)C[C@H]2C1. The van der Waals surface area contributed by atoms with Crippen LogP contribution in [0.5, 0.6) is 5.75 Å². The van der Waals surface area contributed by atoms with Crippen LogP contribution in [0.15, 0.2) is 28.8 Å². The van der Waals surface area contributed by atoms with E-state index in [1.807, 2.05) is 18.7 Å². The first kappa shape index (κ1) is 18.9. The Morgan fingerprint density at radius 1 is 1.25 bits per heavy atom. The minimum Gasteiger partial charge on any atom is -0.488 e. The Kier molecular flexibility index (Phi) is 5.10. The van der Waals surface area contributed by atoms with Crippen molar-refractivity contribution in [2.75, 3.05) is 13.1 Å². The maximum absolute atomic E-state index is 13.1. The third-order valence-corrected chi connectivity index (χ3v) is 6.05. The minimum atomic E-state index is -0.594. The molecule has 0 unspecified atom stereocenters. The number of benzene rings is 1. The highest BCUT2D eigenvalue weighted by molar-refractivity contribution is 5.79. The van der Waals surface area contributed by atoms with Gasteiger partial charge >= 0.3 is 0 Å². The first-order chi connectivity index (χ1) is 13.4. The van der Waals surface area contributed by atoms with Crippen molar-refractivity contribution in [2.45, 2.75) is 45.3 Å². The third-order valence-electron chi connectivity index (χ3n) is 6.05. The number of hydrogen-bond donors (Lipinski definition) is 1. The lowest BCUT2D eigenvalue weighted by Crippen LogP contribution is -2.42. The average Bonchev–Trinajstić information content (AvgIpc) is 3.21. The van der Waals surface area contributed by atoms with Crippen molar-refractivity contribution in [3.63, 3.8) is 0 Å². The summed E-state index contributed by atoms with van der Waals surface area (Å²) in [7, 11) is 0. The van der Waals surface area contributed by atoms with Gasteiger partial charge in [-0.25, -0.2) is 4.39 Å². The van der Waals surface area contributed by atoms with Gasteiger partial charge in [0, 0.05) is 18.7 Å². The summed E-state index contributed by atoms with van der Waals surface area (Å²) in [5.41, 5.74) is 1.61. The predicted molar refractivity (Wildman–Crippen MR) is 99.3 cm³/mol. The fraction of sp³-hybridized carbons (Fsp3) is 0.524. The van der Waals surface area contributed by atoms with E-state index in [1.165, 1.54) is 12.1 Å². The minimum absolute atomic E-state index is 0.0642. The zero-order valence-electron chi connectivity index (χ0n) is 16.1. The molecule has 0 radical (unpaired) electrons. The number of aliphatic hydroxyl groups is 1. The van der Waals surface area contributed by atoms with Crippen molar-refractivity contribution in [1.82, 2.24) is 10.1 Å². The van der Waals surface area contributed by atoms with E-state index in [0.29, 0.717) is 49.8 Å². The first-order valence-corrected chi connectivity index (χ1v) is 9.70. The smallest absolute Gasteiger partial charge is 0.227 e. The van der Waals surface area contributed by atoms with Crippen molar-refractivity contribution in [2.24, 2.45) is 11.8 Å². The van der Waals surface area contributed by atoms with Gasteiger partial charge in [-0.2, -0.15) is 0 Å². The normalized spacial score (nSPS) is 26.9. The lowest BCUT2D eigenvalue weighted by molar-refractivity contribution is -0.129. The number of aromatic nitrogens is 1. The summed E-state index contributed by atoms with van der Waals surface area (Å²) < 4.78 is 24.1. The van der Waals surface area contributed by atoms with Crippen LogP contribution in [0, 0.1) is 31.5 Å². The van der Waals surface area contributed by atoms with E-state index < -0.39 is 6.10 Å². The Labute approximate surface area is 163 Å². The predicted octanol–water partition coefficient (Wildman–Crippen LogP) is 2.65. The van der Waals surface area contributed by atoms with E-state index in [9.17, 15) is 14.3 Å². The summed E-state index contributed by atoms with van der Waals surface area (Å²) >= 11 is 0. The lowest BCUT2D eigenvalue weighted by atomic mass is 9.78. The molecular weight excluding hydrogens is 363 g/mol. The lowest BCUT2D eigenvalue weighted by Gasteiger charge is -2.35. The van der Waals surface area contributed by atoms with E-state index in [4.69, 9.17) is 9.26 Å². The molecule has 1 aromatic heterocycles. The molecule has 28 heavy (non-hydrogen) atoms. The van der Waals surface area contributed by atoms with E-state index in [0.717, 1.165) is 11.3 Å². The Bertz CT molecular complexity index is 831. The number of carbonyl (C=O) groups excluding carboxylic acids is 1. The van der Waals surface area contributed by atoms with Crippen LogP contribution < -0.4 is 4.74 Å². The van der Waals surface area contributed by atoms with Gasteiger partial charge in [0.1, 0.15) is 23.4 Å². The number of likely N-dealkylation sites (tertiary alicyclic amines) is 1. The van der Waals surface area contributed by atoms with E-state index in [2.05, 4.69) is 5.16 Å². The monoisotopic (exact) mass is 388 g/mol. The number of amides is 1. The molecule has 0 bridgehead atoms. The van der Waals surface area contributed by atoms with Crippen molar-refractivity contribution in [3.05, 3.63) is 47.1 Å². The molecule has 1 saturated carbocycles. The highest BCUT2D eigenvalue weighted by atomic mass is 19.1. The molecule has 4 rings (SSSR count). The second-order valence-electron chi connectivity index (χ2n) is 7.95. The Balaban J connectivity index is 1.38. The molecule has 2 heterocycles. The fourth-order valence-corrected chi connectivity index (χ4v) is 4.43. The molecular formula is C21H25FN2O4. The number of carbonyl (C=O) groups is 1. The van der Waals surface area contributed by atoms with Gasteiger partial charge in [-0.3, -0.25) is 4.79 Å². The van der Waals surface area contributed by atoms with Crippen LogP contribution in [0.2, 0.25) is 0 Å². The number of halogens is 1. The van der Waals surface area contributed by atoms with Gasteiger partial charge in [-0.15, -0.1) is 0 Å². The van der Waals surface area contributed by atoms with Crippen LogP contribution in [0.1, 0.15) is 29.9 Å². The highest BCUT2D eigenvalue weighted by Crippen LogP contribution is 2.38. The first-order valence-electron chi connectivity index (χ1n) is 9.70. The zero-order valence-corrected chi connectivity index (χ0v) is 16.1. The average molecular weight is 388 g/mol. The summed E-state index contributed by atoms with van der Waals surface area (Å²) in [6.07, 6.45) is 0.635. The molecule has 2 aliphatic rings. The van der Waals surface area contributed by atoms with Gasteiger partial charge in [0.05, 0.1) is 18.2 Å². The second-order valence-corrected chi connectivity index (χ2v) is 7.95.